The van der Waals surface area contributed by atoms with Gasteiger partial charge in [0, 0.05) is 18.6 Å². The van der Waals surface area contributed by atoms with Gasteiger partial charge in [-0.3, -0.25) is 5.84 Å². The maximum absolute atomic E-state index is 5.82. The van der Waals surface area contributed by atoms with E-state index in [4.69, 9.17) is 11.6 Å². The van der Waals surface area contributed by atoms with Crippen molar-refractivity contribution in [2.45, 2.75) is 12.0 Å². The molecule has 3 heteroatoms. The van der Waals surface area contributed by atoms with Crippen LogP contribution in [0, 0.1) is 5.92 Å². The fourth-order valence-corrected chi connectivity index (χ4v) is 1.57. The smallest absolute Gasteiger partial charge is 0.0343 e. The first kappa shape index (κ1) is 4.73. The van der Waals surface area contributed by atoms with Crippen LogP contribution in [-0.4, -0.2) is 23.6 Å². The van der Waals surface area contributed by atoms with Crippen LogP contribution in [-0.2, 0) is 0 Å². The molecule has 2 unspecified atom stereocenters. The summed E-state index contributed by atoms with van der Waals surface area (Å²) < 4.78 is 0. The number of fused-ring (bicyclic) bond motifs is 1. The summed E-state index contributed by atoms with van der Waals surface area (Å²) in [5.74, 6) is 6.21. The lowest BCUT2D eigenvalue weighted by Crippen LogP contribution is -2.37. The summed E-state index contributed by atoms with van der Waals surface area (Å²) in [5.41, 5.74) is 5.95. The zero-order valence-electron chi connectivity index (χ0n) is 4.80. The Morgan fingerprint density at radius 2 is 2.38 bits per heavy atom. The number of nitrogens with two attached hydrogens (primary N) is 2. The number of nitrogens with zero attached hydrogens (tertiary/aromatic N) is 1. The Kier molecular flexibility index (Phi) is 0.635. The molecular formula is C5H11N3. The van der Waals surface area contributed by atoms with Gasteiger partial charge in [-0.2, -0.15) is 0 Å². The second kappa shape index (κ2) is 1.07. The lowest BCUT2D eigenvalue weighted by molar-refractivity contribution is 0.310. The molecule has 1 saturated heterocycles. The summed E-state index contributed by atoms with van der Waals surface area (Å²) >= 11 is 0. The highest BCUT2D eigenvalue weighted by atomic mass is 15.4. The van der Waals surface area contributed by atoms with E-state index in [-0.39, 0.29) is 5.54 Å². The number of hydrogen-bond donors (Lipinski definition) is 2. The highest BCUT2D eigenvalue weighted by Gasteiger charge is 2.56. The van der Waals surface area contributed by atoms with E-state index in [2.05, 4.69) is 0 Å². The van der Waals surface area contributed by atoms with Gasteiger partial charge in [0.2, 0.25) is 0 Å². The summed E-state index contributed by atoms with van der Waals surface area (Å²) in [6.07, 6.45) is 1.20. The molecule has 46 valence electrons. The highest BCUT2D eigenvalue weighted by Crippen LogP contribution is 2.45. The van der Waals surface area contributed by atoms with Gasteiger partial charge in [-0.25, -0.2) is 5.01 Å². The maximum Gasteiger partial charge on any atom is 0.0343 e. The van der Waals surface area contributed by atoms with Crippen LogP contribution >= 0.6 is 0 Å². The first-order valence-electron chi connectivity index (χ1n) is 2.99. The molecule has 1 aliphatic carbocycles. The van der Waals surface area contributed by atoms with Gasteiger partial charge >= 0.3 is 0 Å². The molecule has 3 nitrogen and oxygen atoms in total. The Balaban J connectivity index is 2.10. The van der Waals surface area contributed by atoms with E-state index in [1.807, 2.05) is 5.01 Å². The van der Waals surface area contributed by atoms with Crippen LogP contribution in [0.2, 0.25) is 0 Å². The van der Waals surface area contributed by atoms with E-state index < -0.39 is 0 Å². The van der Waals surface area contributed by atoms with E-state index in [1.165, 1.54) is 6.42 Å². The maximum atomic E-state index is 5.82. The van der Waals surface area contributed by atoms with Crippen molar-refractivity contribution in [1.82, 2.24) is 5.01 Å². The van der Waals surface area contributed by atoms with E-state index >= 15 is 0 Å². The molecule has 0 radical (unpaired) electrons. The standard InChI is InChI=1S/C5H11N3/c6-5-1-4(5)2-8(7)3-5/h4H,1-3,6-7H2. The van der Waals surface area contributed by atoms with Crippen LogP contribution < -0.4 is 11.6 Å². The van der Waals surface area contributed by atoms with Crippen molar-refractivity contribution in [3.8, 4) is 0 Å². The molecule has 0 spiro atoms. The lowest BCUT2D eigenvalue weighted by atomic mass is 10.3. The third-order valence-electron chi connectivity index (χ3n) is 2.23. The Morgan fingerprint density at radius 1 is 1.62 bits per heavy atom. The second-order valence-electron chi connectivity index (χ2n) is 3.06. The average Bonchev–Trinajstić information content (AvgIpc) is 2.07. The van der Waals surface area contributed by atoms with Crippen molar-refractivity contribution in [3.05, 3.63) is 0 Å². The molecule has 0 amide bonds. The van der Waals surface area contributed by atoms with Crippen molar-refractivity contribution in [2.24, 2.45) is 17.5 Å². The first-order chi connectivity index (χ1) is 3.71. The van der Waals surface area contributed by atoms with Crippen LogP contribution in [0.25, 0.3) is 0 Å². The van der Waals surface area contributed by atoms with E-state index in [0.717, 1.165) is 13.1 Å². The molecule has 8 heavy (non-hydrogen) atoms. The summed E-state index contributed by atoms with van der Waals surface area (Å²) in [4.78, 5) is 0. The minimum Gasteiger partial charge on any atom is -0.324 e. The number of rotatable bonds is 0. The lowest BCUT2D eigenvalue weighted by Gasteiger charge is -2.10. The van der Waals surface area contributed by atoms with Crippen LogP contribution in [0.1, 0.15) is 6.42 Å². The van der Waals surface area contributed by atoms with Gasteiger partial charge in [-0.15, -0.1) is 0 Å². The van der Waals surface area contributed by atoms with Crippen molar-refractivity contribution in [3.63, 3.8) is 0 Å². The molecular weight excluding hydrogens is 102 g/mol. The van der Waals surface area contributed by atoms with Gasteiger partial charge in [0.15, 0.2) is 0 Å². The summed E-state index contributed by atoms with van der Waals surface area (Å²) in [6.45, 7) is 1.91. The Hall–Kier alpha value is -0.120. The Morgan fingerprint density at radius 3 is 2.62 bits per heavy atom. The zero-order valence-corrected chi connectivity index (χ0v) is 4.80. The molecule has 4 N–H and O–H groups in total. The molecule has 1 heterocycles. The van der Waals surface area contributed by atoms with E-state index in [1.54, 1.807) is 0 Å². The fourth-order valence-electron chi connectivity index (χ4n) is 1.57. The zero-order chi connectivity index (χ0) is 5.78. The highest BCUT2D eigenvalue weighted by molar-refractivity contribution is 5.14. The fraction of sp³-hybridized carbons (Fsp3) is 1.00. The minimum atomic E-state index is 0.134. The quantitative estimate of drug-likeness (QED) is 0.392. The molecule has 0 aromatic carbocycles. The van der Waals surface area contributed by atoms with Crippen molar-refractivity contribution in [2.75, 3.05) is 13.1 Å². The molecule has 2 fully saturated rings. The summed E-state index contributed by atoms with van der Waals surface area (Å²) in [6, 6.07) is 0. The predicted molar refractivity (Wildman–Crippen MR) is 30.8 cm³/mol. The van der Waals surface area contributed by atoms with E-state index in [0.29, 0.717) is 5.92 Å². The van der Waals surface area contributed by atoms with Gasteiger partial charge in [0.1, 0.15) is 0 Å². The molecule has 0 bridgehead atoms. The molecule has 1 saturated carbocycles. The van der Waals surface area contributed by atoms with Crippen LogP contribution in [0.15, 0.2) is 0 Å². The van der Waals surface area contributed by atoms with Gasteiger partial charge in [-0.05, 0) is 12.3 Å². The number of hydrazine groups is 1. The largest absolute Gasteiger partial charge is 0.324 e. The summed E-state index contributed by atoms with van der Waals surface area (Å²) in [5, 5.41) is 1.81. The molecule has 0 aromatic rings. The molecule has 2 aliphatic rings. The SMILES string of the molecule is NN1CC2CC2(N)C1. The molecule has 0 aromatic heterocycles. The normalized spacial score (nSPS) is 54.0. The first-order valence-corrected chi connectivity index (χ1v) is 2.99. The predicted octanol–water partition coefficient (Wildman–Crippen LogP) is -1.11. The monoisotopic (exact) mass is 113 g/mol. The van der Waals surface area contributed by atoms with Crippen molar-refractivity contribution >= 4 is 0 Å². The van der Waals surface area contributed by atoms with Crippen LogP contribution in [0.4, 0.5) is 0 Å². The summed E-state index contributed by atoms with van der Waals surface area (Å²) in [7, 11) is 0. The molecule has 1 aliphatic heterocycles. The Labute approximate surface area is 48.6 Å². The second-order valence-corrected chi connectivity index (χ2v) is 3.06. The average molecular weight is 113 g/mol. The Bertz CT molecular complexity index is 125. The minimum absolute atomic E-state index is 0.134. The topological polar surface area (TPSA) is 55.3 Å². The van der Waals surface area contributed by atoms with Crippen LogP contribution in [0.5, 0.6) is 0 Å². The van der Waals surface area contributed by atoms with Gasteiger partial charge in [0.25, 0.3) is 0 Å². The van der Waals surface area contributed by atoms with Crippen molar-refractivity contribution < 1.29 is 0 Å². The number of hydrogen-bond acceptors (Lipinski definition) is 3. The van der Waals surface area contributed by atoms with Crippen LogP contribution in [0.3, 0.4) is 0 Å². The van der Waals surface area contributed by atoms with Gasteiger partial charge in [0.05, 0.1) is 0 Å². The molecule has 2 rings (SSSR count). The van der Waals surface area contributed by atoms with E-state index in [9.17, 15) is 0 Å². The third-order valence-corrected chi connectivity index (χ3v) is 2.23. The van der Waals surface area contributed by atoms with Crippen molar-refractivity contribution in [1.29, 1.82) is 0 Å². The third kappa shape index (κ3) is 0.438. The molecule has 2 atom stereocenters. The number of piperidine rings is 1. The van der Waals surface area contributed by atoms with Gasteiger partial charge < -0.3 is 5.73 Å². The van der Waals surface area contributed by atoms with Gasteiger partial charge in [-0.1, -0.05) is 0 Å².